The number of imide groups is 2. The summed E-state index contributed by atoms with van der Waals surface area (Å²) in [6.45, 7) is 6.04. The molecule has 1 aromatic heterocycles. The summed E-state index contributed by atoms with van der Waals surface area (Å²) in [5, 5.41) is 0.822. The second kappa shape index (κ2) is 17.9. The van der Waals surface area contributed by atoms with Gasteiger partial charge in [0.1, 0.15) is 0 Å². The number of para-hydroxylation sites is 2. The third kappa shape index (κ3) is 8.18. The van der Waals surface area contributed by atoms with E-state index in [1.54, 1.807) is 48.7 Å². The maximum absolute atomic E-state index is 13.1. The van der Waals surface area contributed by atoms with Crippen molar-refractivity contribution in [2.45, 2.75) is 43.4 Å². The molecule has 3 fully saturated rings. The fourth-order valence-electron chi connectivity index (χ4n) is 9.73. The second-order valence-corrected chi connectivity index (χ2v) is 20.4. The number of sulfonamides is 2. The zero-order valence-corrected chi connectivity index (χ0v) is 38.3. The van der Waals surface area contributed by atoms with Gasteiger partial charge in [0.2, 0.25) is 24.1 Å². The van der Waals surface area contributed by atoms with Crippen molar-refractivity contribution in [2.24, 2.45) is 47.3 Å². The first kappa shape index (κ1) is 44.6. The van der Waals surface area contributed by atoms with Crippen LogP contribution in [0, 0.1) is 47.3 Å². The molecular formula is C48H46BrN5O8S2. The van der Waals surface area contributed by atoms with E-state index in [2.05, 4.69) is 42.5 Å². The lowest BCUT2D eigenvalue weighted by Crippen LogP contribution is -2.39. The number of nitrogens with one attached hydrogen (secondary N) is 2. The standard InChI is InChI=1S/C24H19N3O4S.C22H21BrN2O4S.C2H6/c28-23-20-15-6-7-16(13-15)21(20)24(29)27(23)17-8-10-18(11-9-17)32(30,31)26-19-5-1-3-14-4-2-12-25-22(14)19;1-14-15-6-7-16(12-15)21(14)22(27)25(13-26)17-8-10-18(11-9-17)30(28,29)24-20-5-3-2-4-19(20)23;1-2/h1-12,15-16,20-21,26H,13H2;2-11,13-16,21,24H,12H2,1H3;1-2H3. The maximum atomic E-state index is 13.1. The molecule has 4 bridgehead atoms. The molecule has 0 spiro atoms. The lowest BCUT2D eigenvalue weighted by atomic mass is 9.83. The minimum atomic E-state index is -3.88. The maximum Gasteiger partial charge on any atom is 0.261 e. The van der Waals surface area contributed by atoms with Crippen LogP contribution in [0.5, 0.6) is 0 Å². The molecule has 1 aliphatic heterocycles. The number of halogens is 1. The number of carbonyl (C=O) groups excluding carboxylic acids is 4. The normalized spacial score (nSPS) is 24.7. The lowest BCUT2D eigenvalue weighted by molar-refractivity contribution is -0.127. The van der Waals surface area contributed by atoms with Crippen LogP contribution in [-0.2, 0) is 39.2 Å². The average molecular weight is 965 g/mol. The zero-order chi connectivity index (χ0) is 45.5. The van der Waals surface area contributed by atoms with Gasteiger partial charge in [-0.15, -0.1) is 0 Å². The van der Waals surface area contributed by atoms with Crippen molar-refractivity contribution in [1.29, 1.82) is 0 Å². The Morgan fingerprint density at radius 1 is 0.703 bits per heavy atom. The molecule has 16 heteroatoms. The predicted molar refractivity (Wildman–Crippen MR) is 249 cm³/mol. The monoisotopic (exact) mass is 963 g/mol. The van der Waals surface area contributed by atoms with E-state index in [0.717, 1.165) is 23.1 Å². The Morgan fingerprint density at radius 2 is 1.23 bits per heavy atom. The summed E-state index contributed by atoms with van der Waals surface area (Å²) in [5.74, 6) is -0.441. The van der Waals surface area contributed by atoms with E-state index in [9.17, 15) is 36.0 Å². The van der Waals surface area contributed by atoms with E-state index in [-0.39, 0.29) is 68.9 Å². The van der Waals surface area contributed by atoms with Gasteiger partial charge in [-0.25, -0.2) is 16.8 Å². The largest absolute Gasteiger partial charge is 0.278 e. The summed E-state index contributed by atoms with van der Waals surface area (Å²) in [7, 11) is -7.70. The molecule has 5 aromatic rings. The summed E-state index contributed by atoms with van der Waals surface area (Å²) in [5.41, 5.74) is 2.11. The summed E-state index contributed by atoms with van der Waals surface area (Å²) in [6, 6.07) is 27.4. The van der Waals surface area contributed by atoms with Crippen molar-refractivity contribution in [1.82, 2.24) is 4.98 Å². The Labute approximate surface area is 380 Å². The van der Waals surface area contributed by atoms with Gasteiger partial charge in [-0.1, -0.05) is 75.4 Å². The molecule has 1 saturated heterocycles. The zero-order valence-electron chi connectivity index (χ0n) is 35.1. The van der Waals surface area contributed by atoms with E-state index < -0.39 is 20.0 Å². The number of hydrogen-bond donors (Lipinski definition) is 2. The van der Waals surface area contributed by atoms with Crippen LogP contribution in [0.2, 0.25) is 0 Å². The molecule has 13 nitrogen and oxygen atoms in total. The molecule has 4 aromatic carbocycles. The number of allylic oxidation sites excluding steroid dienone is 4. The summed E-state index contributed by atoms with van der Waals surface area (Å²) in [4.78, 5) is 57.4. The number of benzene rings is 4. The number of amides is 4. The van der Waals surface area contributed by atoms with Crippen molar-refractivity contribution in [3.8, 4) is 0 Å². The van der Waals surface area contributed by atoms with E-state index in [1.165, 1.54) is 53.4 Å². The van der Waals surface area contributed by atoms with Crippen LogP contribution >= 0.6 is 15.9 Å². The second-order valence-electron chi connectivity index (χ2n) is 16.2. The van der Waals surface area contributed by atoms with Crippen molar-refractivity contribution in [3.05, 3.63) is 138 Å². The van der Waals surface area contributed by atoms with E-state index in [1.807, 2.05) is 45.1 Å². The van der Waals surface area contributed by atoms with Crippen LogP contribution in [-0.4, -0.2) is 46.0 Å². The highest BCUT2D eigenvalue weighted by molar-refractivity contribution is 9.10. The van der Waals surface area contributed by atoms with Gasteiger partial charge in [0, 0.05) is 22.0 Å². The quantitative estimate of drug-likeness (QED) is 0.0788. The van der Waals surface area contributed by atoms with Crippen LogP contribution < -0.4 is 19.2 Å². The number of nitrogens with zero attached hydrogens (tertiary/aromatic N) is 3. The molecule has 10 rings (SSSR count). The number of rotatable bonds is 10. The minimum Gasteiger partial charge on any atom is -0.278 e. The molecule has 64 heavy (non-hydrogen) atoms. The molecule has 2 heterocycles. The summed E-state index contributed by atoms with van der Waals surface area (Å²) in [6.07, 6.45) is 12.2. The number of pyridine rings is 1. The van der Waals surface area contributed by atoms with Crippen molar-refractivity contribution >= 4 is 93.8 Å². The van der Waals surface area contributed by atoms with Crippen LogP contribution in [0.25, 0.3) is 10.9 Å². The minimum absolute atomic E-state index is 0.0372. The van der Waals surface area contributed by atoms with Gasteiger partial charge in [-0.2, -0.15) is 0 Å². The summed E-state index contributed by atoms with van der Waals surface area (Å²) >= 11 is 3.31. The average Bonchev–Trinajstić information content (AvgIpc) is 4.15. The fourth-order valence-corrected chi connectivity index (χ4v) is 12.4. The first-order chi connectivity index (χ1) is 30.8. The number of hydrogen-bond acceptors (Lipinski definition) is 9. The molecular weight excluding hydrogens is 919 g/mol. The van der Waals surface area contributed by atoms with Gasteiger partial charge in [0.25, 0.3) is 20.0 Å². The topological polar surface area (TPSA) is 180 Å². The Bertz CT molecular complexity index is 2890. The lowest BCUT2D eigenvalue weighted by Gasteiger charge is -2.27. The highest BCUT2D eigenvalue weighted by Gasteiger charge is 2.59. The smallest absolute Gasteiger partial charge is 0.261 e. The molecule has 2 saturated carbocycles. The molecule has 4 aliphatic carbocycles. The molecule has 8 atom stereocenters. The van der Waals surface area contributed by atoms with Crippen molar-refractivity contribution < 1.29 is 36.0 Å². The van der Waals surface area contributed by atoms with Crippen LogP contribution in [0.1, 0.15) is 33.6 Å². The van der Waals surface area contributed by atoms with Crippen LogP contribution in [0.3, 0.4) is 0 Å². The Kier molecular flexibility index (Phi) is 12.5. The number of fused-ring (bicyclic) bond motifs is 8. The van der Waals surface area contributed by atoms with Gasteiger partial charge in [0.15, 0.2) is 0 Å². The molecule has 2 N–H and O–H groups in total. The molecule has 5 aliphatic rings. The SMILES string of the molecule is CC.CC1C2C=CC(C2)C1C(=O)N(C=O)c1ccc(S(=O)(=O)Nc2ccccc2Br)cc1.O=C1C2C3C=CC(C3)C2C(=O)N1c1ccc(S(=O)(=O)Nc2cccc3cccnc23)cc1. The highest BCUT2D eigenvalue weighted by atomic mass is 79.9. The Morgan fingerprint density at radius 3 is 1.83 bits per heavy atom. The van der Waals surface area contributed by atoms with Gasteiger partial charge in [-0.3, -0.25) is 43.4 Å². The van der Waals surface area contributed by atoms with Crippen LogP contribution in [0.4, 0.5) is 22.7 Å². The van der Waals surface area contributed by atoms with E-state index in [4.69, 9.17) is 0 Å². The van der Waals surface area contributed by atoms with Gasteiger partial charge < -0.3 is 0 Å². The van der Waals surface area contributed by atoms with Crippen LogP contribution in [0.15, 0.2) is 148 Å². The third-order valence-electron chi connectivity index (χ3n) is 12.8. The Hall–Kier alpha value is -5.97. The first-order valence-electron chi connectivity index (χ1n) is 21.1. The third-order valence-corrected chi connectivity index (χ3v) is 16.2. The number of anilines is 4. The highest BCUT2D eigenvalue weighted by Crippen LogP contribution is 2.53. The molecule has 0 radical (unpaired) electrons. The summed E-state index contributed by atoms with van der Waals surface area (Å²) < 4.78 is 57.0. The molecule has 330 valence electrons. The first-order valence-corrected chi connectivity index (χ1v) is 24.9. The van der Waals surface area contributed by atoms with Gasteiger partial charge in [0.05, 0.1) is 49.9 Å². The van der Waals surface area contributed by atoms with Crippen molar-refractivity contribution in [2.75, 3.05) is 19.2 Å². The number of aromatic nitrogens is 1. The van der Waals surface area contributed by atoms with E-state index >= 15 is 0 Å². The number of carbonyl (C=O) groups is 4. The van der Waals surface area contributed by atoms with E-state index in [0.29, 0.717) is 45.1 Å². The predicted octanol–water partition coefficient (Wildman–Crippen LogP) is 8.57. The van der Waals surface area contributed by atoms with Crippen molar-refractivity contribution in [3.63, 3.8) is 0 Å². The van der Waals surface area contributed by atoms with Gasteiger partial charge in [-0.05, 0) is 131 Å². The fraction of sp³-hybridized carbons (Fsp3) is 0.271. The Balaban J connectivity index is 0.000000169. The van der Waals surface area contributed by atoms with Gasteiger partial charge >= 0.3 is 0 Å². The molecule has 4 amide bonds. The molecule has 8 unspecified atom stereocenters.